The van der Waals surface area contributed by atoms with Crippen molar-refractivity contribution in [1.29, 1.82) is 0 Å². The first-order valence-electron chi connectivity index (χ1n) is 6.95. The summed E-state index contributed by atoms with van der Waals surface area (Å²) in [6, 6.07) is 3.74. The highest BCUT2D eigenvalue weighted by Gasteiger charge is 2.17. The van der Waals surface area contributed by atoms with E-state index in [9.17, 15) is 4.79 Å². The number of thioether (sulfide) groups is 1. The van der Waals surface area contributed by atoms with Crippen LogP contribution in [0.15, 0.2) is 23.5 Å². The second kappa shape index (κ2) is 5.83. The molecule has 0 saturated carbocycles. The van der Waals surface area contributed by atoms with Gasteiger partial charge in [-0.05, 0) is 25.0 Å². The van der Waals surface area contributed by atoms with E-state index < -0.39 is 0 Å². The predicted molar refractivity (Wildman–Crippen MR) is 78.0 cm³/mol. The summed E-state index contributed by atoms with van der Waals surface area (Å²) >= 11 is 1.49. The smallest absolute Gasteiger partial charge is 0.191 e. The Morgan fingerprint density at radius 2 is 2.25 bits per heavy atom. The Kier molecular flexibility index (Phi) is 3.91. The Morgan fingerprint density at radius 1 is 1.35 bits per heavy atom. The molecule has 20 heavy (non-hydrogen) atoms. The molecule has 1 aliphatic rings. The Balaban J connectivity index is 1.68. The molecule has 2 aromatic rings. The Labute approximate surface area is 122 Å². The van der Waals surface area contributed by atoms with Gasteiger partial charge in [0, 0.05) is 26.2 Å². The lowest BCUT2D eigenvalue weighted by molar-refractivity contribution is 0.101. The molecule has 1 aliphatic heterocycles. The van der Waals surface area contributed by atoms with E-state index in [4.69, 9.17) is 0 Å². The zero-order valence-corrected chi connectivity index (χ0v) is 12.4. The van der Waals surface area contributed by atoms with Gasteiger partial charge < -0.3 is 9.13 Å². The van der Waals surface area contributed by atoms with Crippen LogP contribution >= 0.6 is 11.8 Å². The molecule has 0 N–H and O–H groups in total. The van der Waals surface area contributed by atoms with Crippen molar-refractivity contribution >= 4 is 17.5 Å². The fourth-order valence-electron chi connectivity index (χ4n) is 2.52. The van der Waals surface area contributed by atoms with E-state index >= 15 is 0 Å². The summed E-state index contributed by atoms with van der Waals surface area (Å²) in [6.45, 7) is 0.975. The number of fused-ring (bicyclic) bond motifs is 1. The second-order valence-corrected chi connectivity index (χ2v) is 6.02. The maximum atomic E-state index is 12.2. The third kappa shape index (κ3) is 2.65. The molecule has 0 aromatic carbocycles. The molecular formula is C14H18N4OS. The largest absolute Gasteiger partial charge is 0.348 e. The summed E-state index contributed by atoms with van der Waals surface area (Å²) in [6.07, 6.45) is 6.49. The van der Waals surface area contributed by atoms with Gasteiger partial charge in [-0.2, -0.15) is 0 Å². The van der Waals surface area contributed by atoms with Crippen molar-refractivity contribution in [3.63, 3.8) is 0 Å². The maximum Gasteiger partial charge on any atom is 0.191 e. The number of hydrogen-bond donors (Lipinski definition) is 0. The molecule has 0 radical (unpaired) electrons. The van der Waals surface area contributed by atoms with Gasteiger partial charge in [0.25, 0.3) is 0 Å². The van der Waals surface area contributed by atoms with Gasteiger partial charge in [0.05, 0.1) is 11.4 Å². The summed E-state index contributed by atoms with van der Waals surface area (Å²) in [5.74, 6) is 1.61. The van der Waals surface area contributed by atoms with Crippen molar-refractivity contribution in [3.05, 3.63) is 29.8 Å². The highest BCUT2D eigenvalue weighted by atomic mass is 32.2. The van der Waals surface area contributed by atoms with Crippen LogP contribution in [0.3, 0.4) is 0 Å². The number of rotatable bonds is 4. The van der Waals surface area contributed by atoms with E-state index in [-0.39, 0.29) is 5.78 Å². The summed E-state index contributed by atoms with van der Waals surface area (Å²) in [4.78, 5) is 12.2. The zero-order valence-electron chi connectivity index (χ0n) is 11.6. The van der Waals surface area contributed by atoms with Crippen LogP contribution in [0, 0.1) is 0 Å². The lowest BCUT2D eigenvalue weighted by atomic mass is 10.2. The van der Waals surface area contributed by atoms with Crippen LogP contribution in [-0.4, -0.2) is 30.9 Å². The van der Waals surface area contributed by atoms with Crippen LogP contribution in [-0.2, 0) is 20.0 Å². The van der Waals surface area contributed by atoms with E-state index in [0.29, 0.717) is 5.75 Å². The maximum absolute atomic E-state index is 12.2. The number of Topliss-reactive ketones (excluding diaryl/α,β-unsaturated/α-hetero) is 1. The van der Waals surface area contributed by atoms with E-state index in [1.54, 1.807) is 0 Å². The molecule has 0 amide bonds. The van der Waals surface area contributed by atoms with Gasteiger partial charge in [0.15, 0.2) is 10.9 Å². The third-order valence-corrected chi connectivity index (χ3v) is 4.60. The molecule has 0 atom stereocenters. The fourth-order valence-corrected chi connectivity index (χ4v) is 3.38. The van der Waals surface area contributed by atoms with Crippen LogP contribution in [0.1, 0.15) is 35.6 Å². The number of ketones is 1. The van der Waals surface area contributed by atoms with Crippen molar-refractivity contribution in [2.45, 2.75) is 37.4 Å². The van der Waals surface area contributed by atoms with E-state index in [1.807, 2.05) is 29.9 Å². The van der Waals surface area contributed by atoms with E-state index in [0.717, 1.165) is 29.6 Å². The number of aromatic nitrogens is 4. The van der Waals surface area contributed by atoms with E-state index in [2.05, 4.69) is 14.8 Å². The molecule has 106 valence electrons. The average Bonchev–Trinajstić information content (AvgIpc) is 2.96. The zero-order chi connectivity index (χ0) is 13.9. The van der Waals surface area contributed by atoms with Crippen molar-refractivity contribution in [3.8, 4) is 0 Å². The molecule has 3 rings (SSSR count). The lowest BCUT2D eigenvalue weighted by Crippen LogP contribution is -2.09. The van der Waals surface area contributed by atoms with Crippen molar-refractivity contribution in [2.24, 2.45) is 7.05 Å². The number of carbonyl (C=O) groups excluding carboxylic acids is 1. The first-order chi connectivity index (χ1) is 9.75. The number of nitrogens with zero attached hydrogens (tertiary/aromatic N) is 4. The van der Waals surface area contributed by atoms with Crippen LogP contribution in [0.25, 0.3) is 0 Å². The second-order valence-electron chi connectivity index (χ2n) is 5.08. The first kappa shape index (κ1) is 13.4. The van der Waals surface area contributed by atoms with Crippen molar-refractivity contribution in [2.75, 3.05) is 5.75 Å². The summed E-state index contributed by atoms with van der Waals surface area (Å²) in [5, 5.41) is 9.36. The van der Waals surface area contributed by atoms with Crippen LogP contribution < -0.4 is 0 Å². The minimum absolute atomic E-state index is 0.133. The van der Waals surface area contributed by atoms with Crippen molar-refractivity contribution < 1.29 is 4.79 Å². The highest BCUT2D eigenvalue weighted by Crippen LogP contribution is 2.22. The molecule has 0 saturated heterocycles. The molecule has 0 bridgehead atoms. The Hall–Kier alpha value is -1.56. The molecule has 0 unspecified atom stereocenters. The topological polar surface area (TPSA) is 52.7 Å². The molecule has 0 fully saturated rings. The average molecular weight is 290 g/mol. The number of aryl methyl sites for hydroxylation is 2. The van der Waals surface area contributed by atoms with Gasteiger partial charge in [-0.3, -0.25) is 4.79 Å². The van der Waals surface area contributed by atoms with Gasteiger partial charge in [0.2, 0.25) is 0 Å². The third-order valence-electron chi connectivity index (χ3n) is 3.64. The highest BCUT2D eigenvalue weighted by molar-refractivity contribution is 7.99. The molecule has 5 nitrogen and oxygen atoms in total. The monoisotopic (exact) mass is 290 g/mol. The first-order valence-corrected chi connectivity index (χ1v) is 7.93. The summed E-state index contributed by atoms with van der Waals surface area (Å²) < 4.78 is 4.03. The van der Waals surface area contributed by atoms with E-state index in [1.165, 1.54) is 31.0 Å². The lowest BCUT2D eigenvalue weighted by Gasteiger charge is -2.06. The van der Waals surface area contributed by atoms with Gasteiger partial charge >= 0.3 is 0 Å². The molecule has 3 heterocycles. The SMILES string of the molecule is Cn1cccc1C(=O)CSc1nnc2n1CCCCC2. The summed E-state index contributed by atoms with van der Waals surface area (Å²) in [7, 11) is 1.89. The van der Waals surface area contributed by atoms with Crippen LogP contribution in [0.2, 0.25) is 0 Å². The molecule has 6 heteroatoms. The minimum Gasteiger partial charge on any atom is -0.348 e. The van der Waals surface area contributed by atoms with Gasteiger partial charge in [-0.25, -0.2) is 0 Å². The van der Waals surface area contributed by atoms with Crippen LogP contribution in [0.5, 0.6) is 0 Å². The van der Waals surface area contributed by atoms with Gasteiger partial charge in [0.1, 0.15) is 5.82 Å². The summed E-state index contributed by atoms with van der Waals surface area (Å²) in [5.41, 5.74) is 0.744. The minimum atomic E-state index is 0.133. The molecular weight excluding hydrogens is 272 g/mol. The van der Waals surface area contributed by atoms with Crippen molar-refractivity contribution in [1.82, 2.24) is 19.3 Å². The number of hydrogen-bond acceptors (Lipinski definition) is 4. The van der Waals surface area contributed by atoms with Gasteiger partial charge in [-0.15, -0.1) is 10.2 Å². The predicted octanol–water partition coefficient (Wildman–Crippen LogP) is 2.32. The van der Waals surface area contributed by atoms with Gasteiger partial charge in [-0.1, -0.05) is 18.2 Å². The quantitative estimate of drug-likeness (QED) is 0.640. The Morgan fingerprint density at radius 3 is 3.05 bits per heavy atom. The molecule has 0 aliphatic carbocycles. The Bertz CT molecular complexity index is 616. The normalized spacial score (nSPS) is 14.8. The molecule has 0 spiro atoms. The standard InChI is InChI=1S/C14H18N4OS/c1-17-8-5-6-11(17)12(19)10-20-14-16-15-13-7-3-2-4-9-18(13)14/h5-6,8H,2-4,7,9-10H2,1H3. The number of carbonyl (C=O) groups is 1. The molecule has 2 aromatic heterocycles. The fraction of sp³-hybridized carbons (Fsp3) is 0.500. The van der Waals surface area contributed by atoms with Crippen LogP contribution in [0.4, 0.5) is 0 Å².